The van der Waals surface area contributed by atoms with Gasteiger partial charge in [-0.2, -0.15) is 0 Å². The average Bonchev–Trinajstić information content (AvgIpc) is 2.30. The Bertz CT molecular complexity index is 518. The Balaban J connectivity index is 2.63. The number of halogens is 1. The Hall–Kier alpha value is -2.16. The number of carbonyl (C=O) groups excluding carboxylic acids is 1. The number of hydrogen-bond donors (Lipinski definition) is 1. The lowest BCUT2D eigenvalue weighted by atomic mass is 9.99. The van der Waals surface area contributed by atoms with Crippen LogP contribution in [0.5, 0.6) is 5.75 Å². The van der Waals surface area contributed by atoms with Gasteiger partial charge < -0.3 is 5.11 Å². The molecule has 80 valence electrons. The molecule has 0 saturated carbocycles. The number of aromatic hydroxyl groups is 1. The Morgan fingerprint density at radius 2 is 1.75 bits per heavy atom. The van der Waals surface area contributed by atoms with Crippen molar-refractivity contribution < 1.29 is 14.3 Å². The molecular weight excluding hydrogens is 207 g/mol. The van der Waals surface area contributed by atoms with E-state index in [4.69, 9.17) is 0 Å². The first kappa shape index (κ1) is 10.4. The number of carbonyl (C=O) groups is 1. The van der Waals surface area contributed by atoms with Crippen LogP contribution in [-0.2, 0) is 0 Å². The standard InChI is InChI=1S/C13H9FO2/c14-11-6-4-9(5-7-11)13-10(8-15)2-1-3-12(13)16/h1-8,16H. The topological polar surface area (TPSA) is 37.3 Å². The second-order valence-electron chi connectivity index (χ2n) is 3.37. The minimum absolute atomic E-state index is 0.0104. The second kappa shape index (κ2) is 4.14. The number of aldehydes is 1. The first-order valence-corrected chi connectivity index (χ1v) is 4.75. The monoisotopic (exact) mass is 216 g/mol. The average molecular weight is 216 g/mol. The molecule has 2 aromatic rings. The fourth-order valence-electron chi connectivity index (χ4n) is 1.59. The zero-order valence-corrected chi connectivity index (χ0v) is 8.35. The lowest BCUT2D eigenvalue weighted by Crippen LogP contribution is -1.88. The number of phenols is 1. The normalized spacial score (nSPS) is 10.1. The van der Waals surface area contributed by atoms with E-state index < -0.39 is 0 Å². The van der Waals surface area contributed by atoms with Crippen LogP contribution in [0.3, 0.4) is 0 Å². The van der Waals surface area contributed by atoms with Crippen molar-refractivity contribution in [2.24, 2.45) is 0 Å². The summed E-state index contributed by atoms with van der Waals surface area (Å²) in [5, 5.41) is 9.69. The summed E-state index contributed by atoms with van der Waals surface area (Å²) >= 11 is 0. The van der Waals surface area contributed by atoms with Crippen molar-refractivity contribution in [3.8, 4) is 16.9 Å². The minimum Gasteiger partial charge on any atom is -0.507 e. The molecule has 16 heavy (non-hydrogen) atoms. The number of phenolic OH excluding ortho intramolecular Hbond substituents is 1. The first-order valence-electron chi connectivity index (χ1n) is 4.75. The quantitative estimate of drug-likeness (QED) is 0.783. The smallest absolute Gasteiger partial charge is 0.150 e. The predicted molar refractivity (Wildman–Crippen MR) is 58.9 cm³/mol. The summed E-state index contributed by atoms with van der Waals surface area (Å²) in [5.74, 6) is -0.344. The van der Waals surface area contributed by atoms with Crippen molar-refractivity contribution in [3.63, 3.8) is 0 Å². The van der Waals surface area contributed by atoms with E-state index in [0.717, 1.165) is 0 Å². The van der Waals surface area contributed by atoms with Gasteiger partial charge in [0.15, 0.2) is 6.29 Å². The zero-order valence-electron chi connectivity index (χ0n) is 8.35. The van der Waals surface area contributed by atoms with Crippen LogP contribution in [0, 0.1) is 5.82 Å². The summed E-state index contributed by atoms with van der Waals surface area (Å²) in [7, 11) is 0. The summed E-state index contributed by atoms with van der Waals surface area (Å²) < 4.78 is 12.8. The van der Waals surface area contributed by atoms with Gasteiger partial charge >= 0.3 is 0 Å². The molecule has 0 unspecified atom stereocenters. The molecule has 0 aromatic heterocycles. The van der Waals surface area contributed by atoms with Crippen LogP contribution in [0.2, 0.25) is 0 Å². The first-order chi connectivity index (χ1) is 7.72. The van der Waals surface area contributed by atoms with Gasteiger partial charge in [0.25, 0.3) is 0 Å². The van der Waals surface area contributed by atoms with Crippen molar-refractivity contribution >= 4 is 6.29 Å². The van der Waals surface area contributed by atoms with Gasteiger partial charge in [-0.3, -0.25) is 4.79 Å². The summed E-state index contributed by atoms with van der Waals surface area (Å²) in [6, 6.07) is 10.3. The van der Waals surface area contributed by atoms with Crippen LogP contribution in [0.1, 0.15) is 10.4 Å². The molecule has 3 heteroatoms. The van der Waals surface area contributed by atoms with Gasteiger partial charge in [0.1, 0.15) is 11.6 Å². The molecule has 0 radical (unpaired) electrons. The van der Waals surface area contributed by atoms with Crippen LogP contribution in [0.4, 0.5) is 4.39 Å². The molecule has 0 amide bonds. The third kappa shape index (κ3) is 1.80. The highest BCUT2D eigenvalue weighted by molar-refractivity contribution is 5.90. The van der Waals surface area contributed by atoms with Crippen LogP contribution < -0.4 is 0 Å². The molecule has 0 fully saturated rings. The van der Waals surface area contributed by atoms with Gasteiger partial charge in [0, 0.05) is 11.1 Å². The Morgan fingerprint density at radius 3 is 2.38 bits per heavy atom. The Kier molecular flexibility index (Phi) is 2.68. The van der Waals surface area contributed by atoms with Gasteiger partial charge in [0.2, 0.25) is 0 Å². The highest BCUT2D eigenvalue weighted by atomic mass is 19.1. The van der Waals surface area contributed by atoms with Crippen LogP contribution >= 0.6 is 0 Å². The summed E-state index contributed by atoms with van der Waals surface area (Å²) in [6.45, 7) is 0. The highest BCUT2D eigenvalue weighted by Gasteiger charge is 2.09. The van der Waals surface area contributed by atoms with Crippen LogP contribution in [0.15, 0.2) is 42.5 Å². The van der Waals surface area contributed by atoms with E-state index in [9.17, 15) is 14.3 Å². The fraction of sp³-hybridized carbons (Fsp3) is 0. The molecule has 0 heterocycles. The van der Waals surface area contributed by atoms with Crippen molar-refractivity contribution in [2.75, 3.05) is 0 Å². The van der Waals surface area contributed by atoms with E-state index in [1.807, 2.05) is 0 Å². The SMILES string of the molecule is O=Cc1cccc(O)c1-c1ccc(F)cc1. The van der Waals surface area contributed by atoms with E-state index in [1.54, 1.807) is 12.1 Å². The molecule has 2 nitrogen and oxygen atoms in total. The number of rotatable bonds is 2. The van der Waals surface area contributed by atoms with Crippen molar-refractivity contribution in [1.29, 1.82) is 0 Å². The van der Waals surface area contributed by atoms with Gasteiger partial charge in [-0.1, -0.05) is 24.3 Å². The van der Waals surface area contributed by atoms with Crippen LogP contribution in [-0.4, -0.2) is 11.4 Å². The van der Waals surface area contributed by atoms with E-state index in [1.165, 1.54) is 30.3 Å². The van der Waals surface area contributed by atoms with E-state index in [-0.39, 0.29) is 11.6 Å². The van der Waals surface area contributed by atoms with Gasteiger partial charge in [0.05, 0.1) is 0 Å². The van der Waals surface area contributed by atoms with E-state index >= 15 is 0 Å². The number of hydrogen-bond acceptors (Lipinski definition) is 2. The molecule has 2 aromatic carbocycles. The lowest BCUT2D eigenvalue weighted by molar-refractivity contribution is 0.112. The third-order valence-electron chi connectivity index (χ3n) is 2.33. The zero-order chi connectivity index (χ0) is 11.5. The highest BCUT2D eigenvalue weighted by Crippen LogP contribution is 2.31. The molecule has 0 aliphatic heterocycles. The minimum atomic E-state index is -0.355. The maximum Gasteiger partial charge on any atom is 0.150 e. The Labute approximate surface area is 92.0 Å². The van der Waals surface area contributed by atoms with Crippen LogP contribution in [0.25, 0.3) is 11.1 Å². The summed E-state index contributed by atoms with van der Waals surface area (Å²) in [6.07, 6.45) is 0.665. The molecule has 0 bridgehead atoms. The van der Waals surface area contributed by atoms with Gasteiger partial charge in [-0.15, -0.1) is 0 Å². The van der Waals surface area contributed by atoms with Crippen molar-refractivity contribution in [2.45, 2.75) is 0 Å². The molecule has 0 aliphatic rings. The molecule has 0 aliphatic carbocycles. The third-order valence-corrected chi connectivity index (χ3v) is 2.33. The second-order valence-corrected chi connectivity index (χ2v) is 3.37. The molecule has 0 saturated heterocycles. The maximum absolute atomic E-state index is 12.8. The summed E-state index contributed by atoms with van der Waals surface area (Å²) in [4.78, 5) is 10.8. The molecule has 2 rings (SSSR count). The van der Waals surface area contributed by atoms with E-state index in [0.29, 0.717) is 23.0 Å². The van der Waals surface area contributed by atoms with Crippen molar-refractivity contribution in [1.82, 2.24) is 0 Å². The lowest BCUT2D eigenvalue weighted by Gasteiger charge is -2.07. The largest absolute Gasteiger partial charge is 0.507 e. The van der Waals surface area contributed by atoms with E-state index in [2.05, 4.69) is 0 Å². The predicted octanol–water partition coefficient (Wildman–Crippen LogP) is 3.01. The molecule has 1 N–H and O–H groups in total. The molecular formula is C13H9FO2. The summed E-state index contributed by atoms with van der Waals surface area (Å²) in [5.41, 5.74) is 1.42. The Morgan fingerprint density at radius 1 is 1.06 bits per heavy atom. The molecule has 0 atom stereocenters. The number of benzene rings is 2. The molecule has 0 spiro atoms. The van der Waals surface area contributed by atoms with Gasteiger partial charge in [-0.05, 0) is 23.8 Å². The maximum atomic E-state index is 12.8. The fourth-order valence-corrected chi connectivity index (χ4v) is 1.59. The van der Waals surface area contributed by atoms with Crippen molar-refractivity contribution in [3.05, 3.63) is 53.8 Å². The van der Waals surface area contributed by atoms with Gasteiger partial charge in [-0.25, -0.2) is 4.39 Å².